The van der Waals surface area contributed by atoms with E-state index < -0.39 is 10.0 Å². The van der Waals surface area contributed by atoms with Crippen molar-refractivity contribution in [3.8, 4) is 0 Å². The van der Waals surface area contributed by atoms with Crippen molar-refractivity contribution in [1.82, 2.24) is 0 Å². The molecule has 7 heteroatoms. The lowest BCUT2D eigenvalue weighted by atomic mass is 10.2. The fourth-order valence-electron chi connectivity index (χ4n) is 1.60. The maximum Gasteiger partial charge on any atom is 0.261 e. The van der Waals surface area contributed by atoms with E-state index in [0.29, 0.717) is 15.8 Å². The average Bonchev–Trinajstić information content (AvgIpc) is 2.38. The van der Waals surface area contributed by atoms with Gasteiger partial charge in [-0.1, -0.05) is 22.0 Å². The molecule has 0 unspecified atom stereocenters. The molecule has 20 heavy (non-hydrogen) atoms. The molecule has 2 rings (SSSR count). The van der Waals surface area contributed by atoms with E-state index in [1.807, 2.05) is 13.0 Å². The van der Waals surface area contributed by atoms with Gasteiger partial charge in [-0.3, -0.25) is 4.72 Å². The fraction of sp³-hybridized carbons (Fsp3) is 0.0769. The van der Waals surface area contributed by atoms with Crippen LogP contribution in [-0.2, 0) is 10.0 Å². The van der Waals surface area contributed by atoms with Crippen molar-refractivity contribution in [1.29, 1.82) is 0 Å². The first kappa shape index (κ1) is 15.3. The predicted molar refractivity (Wildman–Crippen MR) is 88.2 cm³/mol. The van der Waals surface area contributed by atoms with Gasteiger partial charge in [0.05, 0.1) is 10.6 Å². The van der Waals surface area contributed by atoms with Gasteiger partial charge in [0.2, 0.25) is 0 Å². The Morgan fingerprint density at radius 2 is 1.80 bits per heavy atom. The molecule has 0 spiro atoms. The highest BCUT2D eigenvalue weighted by Crippen LogP contribution is 2.28. The topological polar surface area (TPSA) is 72.2 Å². The van der Waals surface area contributed by atoms with E-state index in [-0.39, 0.29) is 4.90 Å². The summed E-state index contributed by atoms with van der Waals surface area (Å²) in [6.45, 7) is 1.83. The Morgan fingerprint density at radius 3 is 2.45 bits per heavy atom. The Balaban J connectivity index is 2.41. The maximum atomic E-state index is 12.3. The minimum Gasteiger partial charge on any atom is -0.398 e. The van der Waals surface area contributed by atoms with Crippen molar-refractivity contribution in [2.24, 2.45) is 0 Å². The lowest BCUT2D eigenvalue weighted by molar-refractivity contribution is 0.601. The number of halogens is 2. The lowest BCUT2D eigenvalue weighted by Crippen LogP contribution is -2.14. The van der Waals surface area contributed by atoms with E-state index >= 15 is 0 Å². The van der Waals surface area contributed by atoms with Crippen LogP contribution in [0.15, 0.2) is 50.2 Å². The molecule has 0 heterocycles. The summed E-state index contributed by atoms with van der Waals surface area (Å²) >= 11 is 6.60. The number of nitrogens with two attached hydrogens (primary N) is 1. The summed E-state index contributed by atoms with van der Waals surface area (Å²) < 4.78 is 28.6. The number of hydrogen-bond acceptors (Lipinski definition) is 3. The summed E-state index contributed by atoms with van der Waals surface area (Å²) in [6, 6.07) is 9.83. The summed E-state index contributed by atoms with van der Waals surface area (Å²) in [5.74, 6) is 0. The molecule has 0 saturated heterocycles. The Bertz CT molecular complexity index is 761. The van der Waals surface area contributed by atoms with Crippen LogP contribution in [0.1, 0.15) is 5.56 Å². The molecular weight excluding hydrogens is 408 g/mol. The third-order valence-corrected chi connectivity index (χ3v) is 5.70. The second kappa shape index (κ2) is 5.75. The molecule has 0 radical (unpaired) electrons. The number of benzene rings is 2. The zero-order valence-corrected chi connectivity index (χ0v) is 14.5. The Kier molecular flexibility index (Phi) is 4.41. The highest BCUT2D eigenvalue weighted by atomic mass is 79.9. The third-order valence-electron chi connectivity index (χ3n) is 2.79. The molecule has 0 amide bonds. The van der Waals surface area contributed by atoms with E-state index in [4.69, 9.17) is 5.73 Å². The molecule has 0 saturated carbocycles. The molecule has 0 atom stereocenters. The molecule has 106 valence electrons. The SMILES string of the molecule is Cc1c(Br)cccc1NS(=O)(=O)c1ccc(N)c(Br)c1. The first-order valence-corrected chi connectivity index (χ1v) is 8.71. The molecule has 2 aromatic rings. The van der Waals surface area contributed by atoms with Crippen LogP contribution in [0.25, 0.3) is 0 Å². The van der Waals surface area contributed by atoms with E-state index in [0.717, 1.165) is 10.0 Å². The van der Waals surface area contributed by atoms with Crippen LogP contribution in [0.4, 0.5) is 11.4 Å². The van der Waals surface area contributed by atoms with E-state index in [1.54, 1.807) is 18.2 Å². The number of nitrogen functional groups attached to an aromatic ring is 1. The van der Waals surface area contributed by atoms with Gasteiger partial charge in [-0.05, 0) is 58.7 Å². The third kappa shape index (κ3) is 3.16. The summed E-state index contributed by atoms with van der Waals surface area (Å²) in [6.07, 6.45) is 0. The fourth-order valence-corrected chi connectivity index (χ4v) is 3.64. The zero-order chi connectivity index (χ0) is 14.9. The normalized spacial score (nSPS) is 11.3. The van der Waals surface area contributed by atoms with Crippen LogP contribution < -0.4 is 10.5 Å². The highest BCUT2D eigenvalue weighted by Gasteiger charge is 2.16. The summed E-state index contributed by atoms with van der Waals surface area (Å²) in [5.41, 5.74) is 7.51. The molecule has 2 aromatic carbocycles. The first-order chi connectivity index (χ1) is 9.31. The van der Waals surface area contributed by atoms with Crippen molar-refractivity contribution >= 4 is 53.3 Å². The van der Waals surface area contributed by atoms with Crippen molar-refractivity contribution in [2.75, 3.05) is 10.5 Å². The molecule has 0 aliphatic rings. The van der Waals surface area contributed by atoms with Crippen LogP contribution in [0, 0.1) is 6.92 Å². The maximum absolute atomic E-state index is 12.3. The van der Waals surface area contributed by atoms with Gasteiger partial charge >= 0.3 is 0 Å². The van der Waals surface area contributed by atoms with Crippen molar-refractivity contribution < 1.29 is 8.42 Å². The van der Waals surface area contributed by atoms with Gasteiger partial charge in [0, 0.05) is 14.6 Å². The molecule has 0 aliphatic heterocycles. The first-order valence-electron chi connectivity index (χ1n) is 5.64. The summed E-state index contributed by atoms with van der Waals surface area (Å²) in [5, 5.41) is 0. The minimum atomic E-state index is -3.65. The largest absolute Gasteiger partial charge is 0.398 e. The molecule has 0 fully saturated rings. The summed E-state index contributed by atoms with van der Waals surface area (Å²) in [7, 11) is -3.65. The highest BCUT2D eigenvalue weighted by molar-refractivity contribution is 9.10. The summed E-state index contributed by atoms with van der Waals surface area (Å²) in [4.78, 5) is 0.151. The van der Waals surface area contributed by atoms with Crippen LogP contribution in [-0.4, -0.2) is 8.42 Å². The van der Waals surface area contributed by atoms with Gasteiger partial charge in [-0.25, -0.2) is 8.42 Å². The molecule has 3 N–H and O–H groups in total. The van der Waals surface area contributed by atoms with Gasteiger partial charge in [0.25, 0.3) is 10.0 Å². The van der Waals surface area contributed by atoms with Gasteiger partial charge in [0.1, 0.15) is 0 Å². The molecule has 0 aliphatic carbocycles. The monoisotopic (exact) mass is 418 g/mol. The van der Waals surface area contributed by atoms with Crippen LogP contribution in [0.3, 0.4) is 0 Å². The lowest BCUT2D eigenvalue weighted by Gasteiger charge is -2.12. The van der Waals surface area contributed by atoms with Gasteiger partial charge in [-0.15, -0.1) is 0 Å². The van der Waals surface area contributed by atoms with Crippen LogP contribution in [0.2, 0.25) is 0 Å². The average molecular weight is 420 g/mol. The van der Waals surface area contributed by atoms with Crippen molar-refractivity contribution in [3.05, 3.63) is 50.9 Å². The van der Waals surface area contributed by atoms with E-state index in [1.165, 1.54) is 12.1 Å². The predicted octanol–water partition coefficient (Wildman–Crippen LogP) is 3.90. The zero-order valence-electron chi connectivity index (χ0n) is 10.5. The molecule has 0 aromatic heterocycles. The quantitative estimate of drug-likeness (QED) is 0.741. The molecular formula is C13H12Br2N2O2S. The smallest absolute Gasteiger partial charge is 0.261 e. The van der Waals surface area contributed by atoms with Crippen molar-refractivity contribution in [2.45, 2.75) is 11.8 Å². The van der Waals surface area contributed by atoms with Crippen LogP contribution >= 0.6 is 31.9 Å². The van der Waals surface area contributed by atoms with Crippen molar-refractivity contribution in [3.63, 3.8) is 0 Å². The Labute approximate surface area is 134 Å². The standard InChI is InChI=1S/C13H12Br2N2O2S/c1-8-10(14)3-2-4-13(8)17-20(18,19)9-5-6-12(16)11(15)7-9/h2-7,17H,16H2,1H3. The van der Waals surface area contributed by atoms with Crippen LogP contribution in [0.5, 0.6) is 0 Å². The number of hydrogen-bond donors (Lipinski definition) is 2. The number of anilines is 2. The van der Waals surface area contributed by atoms with Gasteiger partial charge in [0.15, 0.2) is 0 Å². The van der Waals surface area contributed by atoms with Gasteiger partial charge < -0.3 is 5.73 Å². The number of sulfonamides is 1. The van der Waals surface area contributed by atoms with E-state index in [9.17, 15) is 8.42 Å². The second-order valence-electron chi connectivity index (χ2n) is 4.20. The van der Waals surface area contributed by atoms with Gasteiger partial charge in [-0.2, -0.15) is 0 Å². The Hall–Kier alpha value is -1.05. The molecule has 0 bridgehead atoms. The number of nitrogens with one attached hydrogen (secondary N) is 1. The minimum absolute atomic E-state index is 0.151. The Morgan fingerprint density at radius 1 is 1.10 bits per heavy atom. The van der Waals surface area contributed by atoms with E-state index in [2.05, 4.69) is 36.6 Å². The second-order valence-corrected chi connectivity index (χ2v) is 7.59. The molecule has 4 nitrogen and oxygen atoms in total. The number of rotatable bonds is 3.